The third kappa shape index (κ3) is 3.22. The van der Waals surface area contributed by atoms with Gasteiger partial charge in [0.25, 0.3) is 0 Å². The van der Waals surface area contributed by atoms with E-state index in [0.29, 0.717) is 18.1 Å². The van der Waals surface area contributed by atoms with Gasteiger partial charge in [0, 0.05) is 0 Å². The van der Waals surface area contributed by atoms with Gasteiger partial charge in [0.05, 0.1) is 35.4 Å². The van der Waals surface area contributed by atoms with E-state index in [9.17, 15) is 0 Å². The number of fused-ring (bicyclic) bond motifs is 1. The van der Waals surface area contributed by atoms with Crippen LogP contribution in [0.1, 0.15) is 12.5 Å². The first-order valence-corrected chi connectivity index (χ1v) is 7.99. The molecule has 0 aliphatic heterocycles. The molecule has 1 aromatic heterocycles. The average Bonchev–Trinajstić information content (AvgIpc) is 2.98. The third-order valence-electron chi connectivity index (χ3n) is 3.31. The van der Waals surface area contributed by atoms with Crippen LogP contribution in [-0.4, -0.2) is 29.6 Å². The lowest BCUT2D eigenvalue weighted by molar-refractivity contribution is 0.309. The first kappa shape index (κ1) is 15.6. The predicted molar refractivity (Wildman–Crippen MR) is 94.6 cm³/mol. The molecule has 0 N–H and O–H groups in total. The summed E-state index contributed by atoms with van der Waals surface area (Å²) in [6, 6.07) is 11.7. The van der Waals surface area contributed by atoms with Crippen LogP contribution in [0.15, 0.2) is 52.3 Å². The summed E-state index contributed by atoms with van der Waals surface area (Å²) < 4.78 is 13.6. The molecular formula is C17H16BrN3O2. The summed E-state index contributed by atoms with van der Waals surface area (Å²) in [6.07, 6.45) is 3.46. The zero-order valence-corrected chi connectivity index (χ0v) is 14.4. The van der Waals surface area contributed by atoms with Crippen LogP contribution in [0.4, 0.5) is 0 Å². The smallest absolute Gasteiger partial charge is 0.175 e. The second kappa shape index (κ2) is 6.83. The van der Waals surface area contributed by atoms with Gasteiger partial charge in [-0.15, -0.1) is 0 Å². The molecule has 0 saturated carbocycles. The third-order valence-corrected chi connectivity index (χ3v) is 3.90. The fourth-order valence-corrected chi connectivity index (χ4v) is 2.84. The maximum atomic E-state index is 5.59. The van der Waals surface area contributed by atoms with Gasteiger partial charge in [-0.05, 0) is 52.7 Å². The fraction of sp³-hybridized carbons (Fsp3) is 0.176. The minimum absolute atomic E-state index is 0.573. The maximum absolute atomic E-state index is 5.59. The van der Waals surface area contributed by atoms with E-state index < -0.39 is 0 Å². The molecule has 3 rings (SSSR count). The lowest BCUT2D eigenvalue weighted by atomic mass is 10.2. The number of imidazole rings is 1. The molecule has 0 saturated heterocycles. The van der Waals surface area contributed by atoms with Crippen molar-refractivity contribution in [2.45, 2.75) is 6.92 Å². The van der Waals surface area contributed by atoms with Crippen molar-refractivity contribution in [1.82, 2.24) is 9.66 Å². The highest BCUT2D eigenvalue weighted by molar-refractivity contribution is 9.10. The summed E-state index contributed by atoms with van der Waals surface area (Å²) in [5, 5.41) is 4.47. The molecular weight excluding hydrogens is 358 g/mol. The van der Waals surface area contributed by atoms with E-state index in [1.165, 1.54) is 0 Å². The van der Waals surface area contributed by atoms with Crippen LogP contribution in [-0.2, 0) is 0 Å². The summed E-state index contributed by atoms with van der Waals surface area (Å²) in [4.78, 5) is 4.32. The molecule has 118 valence electrons. The Labute approximate surface area is 142 Å². The molecule has 0 radical (unpaired) electrons. The Bertz CT molecular complexity index is 858. The predicted octanol–water partition coefficient (Wildman–Crippen LogP) is 4.09. The minimum Gasteiger partial charge on any atom is -0.493 e. The van der Waals surface area contributed by atoms with Crippen molar-refractivity contribution >= 4 is 33.2 Å². The lowest BCUT2D eigenvalue weighted by Gasteiger charge is -2.11. The highest BCUT2D eigenvalue weighted by atomic mass is 79.9. The van der Waals surface area contributed by atoms with Crippen molar-refractivity contribution in [1.29, 1.82) is 0 Å². The Hall–Kier alpha value is -2.34. The molecule has 0 unspecified atom stereocenters. The first-order valence-electron chi connectivity index (χ1n) is 7.19. The zero-order valence-electron chi connectivity index (χ0n) is 12.9. The van der Waals surface area contributed by atoms with Gasteiger partial charge in [-0.2, -0.15) is 5.10 Å². The van der Waals surface area contributed by atoms with Crippen molar-refractivity contribution in [3.05, 3.63) is 52.8 Å². The van der Waals surface area contributed by atoms with Crippen molar-refractivity contribution < 1.29 is 9.47 Å². The number of hydrogen-bond acceptors (Lipinski definition) is 4. The number of ether oxygens (including phenoxy) is 2. The second-order valence-corrected chi connectivity index (χ2v) is 5.64. The molecule has 1 heterocycles. The van der Waals surface area contributed by atoms with Crippen LogP contribution >= 0.6 is 15.9 Å². The molecule has 2 aromatic carbocycles. The van der Waals surface area contributed by atoms with E-state index in [0.717, 1.165) is 21.1 Å². The molecule has 5 nitrogen and oxygen atoms in total. The Morgan fingerprint density at radius 2 is 2.13 bits per heavy atom. The fourth-order valence-electron chi connectivity index (χ4n) is 2.27. The monoisotopic (exact) mass is 373 g/mol. The zero-order chi connectivity index (χ0) is 16.2. The molecule has 0 fully saturated rings. The summed E-state index contributed by atoms with van der Waals surface area (Å²) >= 11 is 3.51. The molecule has 0 aliphatic carbocycles. The molecule has 0 spiro atoms. The number of aromatic nitrogens is 2. The summed E-state index contributed by atoms with van der Waals surface area (Å²) in [7, 11) is 1.62. The van der Waals surface area contributed by atoms with Gasteiger partial charge in [-0.3, -0.25) is 0 Å². The Morgan fingerprint density at radius 3 is 2.91 bits per heavy atom. The van der Waals surface area contributed by atoms with Crippen LogP contribution in [0.2, 0.25) is 0 Å². The normalized spacial score (nSPS) is 11.3. The van der Waals surface area contributed by atoms with E-state index in [1.54, 1.807) is 24.3 Å². The number of hydrogen-bond donors (Lipinski definition) is 0. The summed E-state index contributed by atoms with van der Waals surface area (Å²) in [5.74, 6) is 1.36. The topological polar surface area (TPSA) is 48.6 Å². The summed E-state index contributed by atoms with van der Waals surface area (Å²) in [5.41, 5.74) is 2.77. The van der Waals surface area contributed by atoms with Crippen LogP contribution in [0.3, 0.4) is 0 Å². The number of benzene rings is 2. The van der Waals surface area contributed by atoms with Crippen LogP contribution in [0, 0.1) is 0 Å². The largest absolute Gasteiger partial charge is 0.493 e. The van der Waals surface area contributed by atoms with Gasteiger partial charge in [-0.1, -0.05) is 12.1 Å². The minimum atomic E-state index is 0.573. The number of methoxy groups -OCH3 is 1. The molecule has 0 amide bonds. The standard InChI is InChI=1S/C17H16BrN3O2/c1-3-23-17-13(18)8-12(9-16(17)22-2)10-20-21-11-19-14-6-4-5-7-15(14)21/h4-11H,3H2,1-2H3/b20-10-. The van der Waals surface area contributed by atoms with E-state index in [-0.39, 0.29) is 0 Å². The number of nitrogens with zero attached hydrogens (tertiary/aromatic N) is 3. The first-order chi connectivity index (χ1) is 11.2. The van der Waals surface area contributed by atoms with Gasteiger partial charge in [0.15, 0.2) is 11.5 Å². The van der Waals surface area contributed by atoms with E-state index >= 15 is 0 Å². The number of rotatable bonds is 5. The van der Waals surface area contributed by atoms with Crippen molar-refractivity contribution in [2.24, 2.45) is 5.10 Å². The molecule has 23 heavy (non-hydrogen) atoms. The van der Waals surface area contributed by atoms with Gasteiger partial charge < -0.3 is 9.47 Å². The van der Waals surface area contributed by atoms with Crippen molar-refractivity contribution in [2.75, 3.05) is 13.7 Å². The molecule has 3 aromatic rings. The Balaban J connectivity index is 1.94. The number of para-hydroxylation sites is 2. The van der Waals surface area contributed by atoms with Gasteiger partial charge in [0.1, 0.15) is 6.33 Å². The van der Waals surface area contributed by atoms with Crippen LogP contribution in [0.5, 0.6) is 11.5 Å². The quantitative estimate of drug-likeness (QED) is 0.632. The lowest BCUT2D eigenvalue weighted by Crippen LogP contribution is -1.98. The maximum Gasteiger partial charge on any atom is 0.175 e. The highest BCUT2D eigenvalue weighted by Gasteiger charge is 2.10. The Kier molecular flexibility index (Phi) is 4.62. The van der Waals surface area contributed by atoms with Crippen LogP contribution in [0.25, 0.3) is 11.0 Å². The molecule has 0 aliphatic rings. The highest BCUT2D eigenvalue weighted by Crippen LogP contribution is 2.36. The van der Waals surface area contributed by atoms with E-state index in [1.807, 2.05) is 43.3 Å². The molecule has 6 heteroatoms. The average molecular weight is 374 g/mol. The number of halogens is 1. The molecule has 0 atom stereocenters. The van der Waals surface area contributed by atoms with Gasteiger partial charge in [-0.25, -0.2) is 9.66 Å². The molecule has 0 bridgehead atoms. The Morgan fingerprint density at radius 1 is 1.30 bits per heavy atom. The summed E-state index contributed by atoms with van der Waals surface area (Å²) in [6.45, 7) is 2.51. The van der Waals surface area contributed by atoms with Crippen molar-refractivity contribution in [3.63, 3.8) is 0 Å². The van der Waals surface area contributed by atoms with E-state index in [4.69, 9.17) is 9.47 Å². The van der Waals surface area contributed by atoms with Crippen molar-refractivity contribution in [3.8, 4) is 11.5 Å². The second-order valence-electron chi connectivity index (χ2n) is 4.79. The van der Waals surface area contributed by atoms with Gasteiger partial charge >= 0.3 is 0 Å². The van der Waals surface area contributed by atoms with Crippen LogP contribution < -0.4 is 9.47 Å². The van der Waals surface area contributed by atoms with Gasteiger partial charge in [0.2, 0.25) is 0 Å². The van der Waals surface area contributed by atoms with E-state index in [2.05, 4.69) is 26.0 Å². The SMILES string of the molecule is CCOc1c(Br)cc(/C=N\n2cnc3ccccc32)cc1OC.